The molecule has 336 valence electrons. The highest BCUT2D eigenvalue weighted by Crippen LogP contribution is 2.29. The molecule has 0 saturated carbocycles. The highest BCUT2D eigenvalue weighted by atomic mass is 35.5. The average molecular weight is 864 g/mol. The number of anilines is 1. The number of para-hydroxylation sites is 1. The SMILES string of the molecule is CCCCCC1C(=O)OC(C)C(NC(=O)c2cccc(NC=O)c2O)C(=O)OC(C)C1OC(=O)CC(C)C.CCCCOc1ccc(OCCCN2CCOCC2)cc1.Cl. The minimum Gasteiger partial charge on any atom is -0.505 e. The van der Waals surface area contributed by atoms with Crippen LogP contribution >= 0.6 is 12.4 Å². The average Bonchev–Trinajstić information content (AvgIpc) is 3.23. The van der Waals surface area contributed by atoms with E-state index in [4.69, 9.17) is 28.4 Å². The molecule has 2 aromatic carbocycles. The molecule has 2 fully saturated rings. The number of carbonyl (C=O) groups excluding carboxylic acids is 5. The maximum absolute atomic E-state index is 13.3. The number of unbranched alkanes of at least 4 members (excludes halogenated alkanes) is 3. The van der Waals surface area contributed by atoms with E-state index < -0.39 is 59.8 Å². The van der Waals surface area contributed by atoms with Crippen LogP contribution in [0.1, 0.15) is 103 Å². The van der Waals surface area contributed by atoms with Crippen molar-refractivity contribution in [2.45, 2.75) is 117 Å². The number of nitrogens with zero attached hydrogens (tertiary/aromatic N) is 1. The van der Waals surface area contributed by atoms with Gasteiger partial charge in [0, 0.05) is 26.1 Å². The van der Waals surface area contributed by atoms with Crippen LogP contribution in [0.25, 0.3) is 0 Å². The van der Waals surface area contributed by atoms with E-state index in [0.29, 0.717) is 19.3 Å². The second kappa shape index (κ2) is 28.0. The molecule has 2 amide bonds. The van der Waals surface area contributed by atoms with Gasteiger partial charge in [-0.05, 0) is 75.4 Å². The number of benzene rings is 2. The van der Waals surface area contributed by atoms with Crippen LogP contribution in [0.2, 0.25) is 0 Å². The van der Waals surface area contributed by atoms with Crippen LogP contribution in [0, 0.1) is 11.8 Å². The summed E-state index contributed by atoms with van der Waals surface area (Å²) in [7, 11) is 0. The first-order valence-electron chi connectivity index (χ1n) is 21.0. The minimum absolute atomic E-state index is 0. The van der Waals surface area contributed by atoms with E-state index in [1.54, 1.807) is 0 Å². The van der Waals surface area contributed by atoms with Crippen molar-refractivity contribution in [2.24, 2.45) is 11.8 Å². The van der Waals surface area contributed by atoms with Gasteiger partial charge in [-0.15, -0.1) is 12.4 Å². The summed E-state index contributed by atoms with van der Waals surface area (Å²) in [5.41, 5.74) is -0.215. The predicted octanol–water partition coefficient (Wildman–Crippen LogP) is 6.48. The van der Waals surface area contributed by atoms with Crippen molar-refractivity contribution >= 4 is 48.3 Å². The second-order valence-electron chi connectivity index (χ2n) is 15.2. The summed E-state index contributed by atoms with van der Waals surface area (Å²) in [4.78, 5) is 65.1. The van der Waals surface area contributed by atoms with Crippen LogP contribution in [0.3, 0.4) is 0 Å². The van der Waals surface area contributed by atoms with Gasteiger partial charge in [0.2, 0.25) is 6.41 Å². The summed E-state index contributed by atoms with van der Waals surface area (Å²) in [6.45, 7) is 17.3. The third kappa shape index (κ3) is 17.6. The normalized spacial score (nSPS) is 20.6. The molecule has 2 aromatic rings. The van der Waals surface area contributed by atoms with Crippen LogP contribution in [-0.2, 0) is 38.1 Å². The monoisotopic (exact) mass is 863 g/mol. The quantitative estimate of drug-likeness (QED) is 0.0432. The van der Waals surface area contributed by atoms with Gasteiger partial charge in [0.05, 0.1) is 43.6 Å². The second-order valence-corrected chi connectivity index (χ2v) is 15.2. The standard InChI is InChI=1S/C27H38N2O9.C17H27NO3.ClH/c1-6-7-8-10-19-24(38-21(31)13-15(2)3)17(5)37-27(35)22(16(4)36-26(19)34)29-25(33)18-11-9-12-20(23(18)32)28-14-30;1-2-3-12-20-16-5-7-17(8-6-16)21-13-4-9-18-10-14-19-15-11-18;/h9,11-12,14-17,19,22,24,32H,6-8,10,13H2,1-5H3,(H,28,30)(H,29,33);5-8H,2-4,9-15H2,1H3;1H. The van der Waals surface area contributed by atoms with Crippen molar-refractivity contribution in [2.75, 3.05) is 51.4 Å². The van der Waals surface area contributed by atoms with Gasteiger partial charge in [-0.3, -0.25) is 24.1 Å². The number of phenols is 1. The molecule has 15 nitrogen and oxygen atoms in total. The molecule has 5 atom stereocenters. The van der Waals surface area contributed by atoms with E-state index in [-0.39, 0.29) is 36.0 Å². The maximum Gasteiger partial charge on any atom is 0.332 e. The number of cyclic esters (lactones) is 2. The summed E-state index contributed by atoms with van der Waals surface area (Å²) in [5.74, 6) is -2.44. The lowest BCUT2D eigenvalue weighted by molar-refractivity contribution is -0.175. The summed E-state index contributed by atoms with van der Waals surface area (Å²) in [6.07, 6.45) is 3.37. The number of hydrogen-bond donors (Lipinski definition) is 3. The Kier molecular flexibility index (Phi) is 24.1. The first-order chi connectivity index (χ1) is 28.4. The Hall–Kier alpha value is -4.60. The minimum atomic E-state index is -1.42. The van der Waals surface area contributed by atoms with Crippen LogP contribution in [0.5, 0.6) is 17.2 Å². The number of hydrogen-bond acceptors (Lipinski definition) is 13. The van der Waals surface area contributed by atoms with E-state index in [2.05, 4.69) is 22.5 Å². The summed E-state index contributed by atoms with van der Waals surface area (Å²) in [6, 6.07) is 10.6. The Morgan fingerprint density at radius 3 is 2.10 bits per heavy atom. The van der Waals surface area contributed by atoms with Crippen molar-refractivity contribution < 1.29 is 57.5 Å². The smallest absolute Gasteiger partial charge is 0.332 e. The van der Waals surface area contributed by atoms with Gasteiger partial charge in [0.1, 0.15) is 23.7 Å². The van der Waals surface area contributed by atoms with Crippen molar-refractivity contribution in [3.63, 3.8) is 0 Å². The van der Waals surface area contributed by atoms with E-state index in [1.807, 2.05) is 45.0 Å². The van der Waals surface area contributed by atoms with Gasteiger partial charge in [-0.2, -0.15) is 0 Å². The van der Waals surface area contributed by atoms with Gasteiger partial charge in [-0.1, -0.05) is 59.4 Å². The number of nitrogens with one attached hydrogen (secondary N) is 2. The highest BCUT2D eigenvalue weighted by Gasteiger charge is 2.44. The molecule has 0 aliphatic carbocycles. The Morgan fingerprint density at radius 2 is 1.50 bits per heavy atom. The lowest BCUT2D eigenvalue weighted by atomic mass is 9.92. The number of ether oxygens (including phenoxy) is 6. The van der Waals surface area contributed by atoms with Crippen LogP contribution < -0.4 is 20.1 Å². The number of halogens is 1. The number of esters is 3. The molecule has 0 aromatic heterocycles. The molecule has 16 heteroatoms. The molecule has 0 spiro atoms. The number of rotatable bonds is 20. The maximum atomic E-state index is 13.3. The van der Waals surface area contributed by atoms with E-state index in [1.165, 1.54) is 32.0 Å². The molecule has 0 bridgehead atoms. The Morgan fingerprint density at radius 1 is 0.883 bits per heavy atom. The largest absolute Gasteiger partial charge is 0.505 e. The van der Waals surface area contributed by atoms with Gasteiger partial charge in [-0.25, -0.2) is 4.79 Å². The van der Waals surface area contributed by atoms with Gasteiger partial charge < -0.3 is 44.2 Å². The summed E-state index contributed by atoms with van der Waals surface area (Å²) < 4.78 is 33.6. The lowest BCUT2D eigenvalue weighted by Crippen LogP contribution is -2.50. The fourth-order valence-corrected chi connectivity index (χ4v) is 6.49. The zero-order chi connectivity index (χ0) is 43.2. The number of amides is 2. The molecule has 2 aliphatic rings. The highest BCUT2D eigenvalue weighted by molar-refractivity contribution is 6.01. The lowest BCUT2D eigenvalue weighted by Gasteiger charge is -2.29. The third-order valence-corrected chi connectivity index (χ3v) is 9.81. The summed E-state index contributed by atoms with van der Waals surface area (Å²) in [5, 5.41) is 15.1. The fourth-order valence-electron chi connectivity index (χ4n) is 6.49. The molecule has 2 heterocycles. The van der Waals surface area contributed by atoms with E-state index in [0.717, 1.165) is 89.7 Å². The zero-order valence-electron chi connectivity index (χ0n) is 36.0. The third-order valence-electron chi connectivity index (χ3n) is 9.81. The molecule has 2 saturated heterocycles. The first-order valence-corrected chi connectivity index (χ1v) is 21.0. The van der Waals surface area contributed by atoms with Crippen molar-refractivity contribution in [1.29, 1.82) is 0 Å². The number of carbonyl (C=O) groups is 5. The number of morpholine rings is 1. The van der Waals surface area contributed by atoms with E-state index in [9.17, 15) is 29.1 Å². The van der Waals surface area contributed by atoms with Crippen LogP contribution in [0.15, 0.2) is 42.5 Å². The number of aromatic hydroxyl groups is 1. The van der Waals surface area contributed by atoms with Crippen molar-refractivity contribution in [3.05, 3.63) is 48.0 Å². The van der Waals surface area contributed by atoms with Gasteiger partial charge in [0.25, 0.3) is 5.91 Å². The van der Waals surface area contributed by atoms with Crippen LogP contribution in [0.4, 0.5) is 5.69 Å². The predicted molar refractivity (Wildman–Crippen MR) is 229 cm³/mol. The molecular formula is C44H66ClN3O12. The number of phenolic OH excluding ortho intramolecular Hbond substituents is 1. The molecule has 0 radical (unpaired) electrons. The molecular weight excluding hydrogens is 798 g/mol. The van der Waals surface area contributed by atoms with Gasteiger partial charge >= 0.3 is 17.9 Å². The Bertz CT molecular complexity index is 1610. The molecule has 60 heavy (non-hydrogen) atoms. The zero-order valence-corrected chi connectivity index (χ0v) is 36.8. The molecule has 4 rings (SSSR count). The Labute approximate surface area is 360 Å². The molecule has 5 unspecified atom stereocenters. The van der Waals surface area contributed by atoms with Gasteiger partial charge in [0.15, 0.2) is 17.9 Å². The van der Waals surface area contributed by atoms with Crippen LogP contribution in [-0.4, -0.2) is 111 Å². The summed E-state index contributed by atoms with van der Waals surface area (Å²) >= 11 is 0. The Balaban J connectivity index is 0.000000475. The van der Waals surface area contributed by atoms with E-state index >= 15 is 0 Å². The van der Waals surface area contributed by atoms with Crippen molar-refractivity contribution in [3.8, 4) is 17.2 Å². The molecule has 3 N–H and O–H groups in total. The molecule has 2 aliphatic heterocycles. The first kappa shape index (κ1) is 51.5. The van der Waals surface area contributed by atoms with Crippen molar-refractivity contribution in [1.82, 2.24) is 10.2 Å². The topological polar surface area (TPSA) is 188 Å². The fraction of sp³-hybridized carbons (Fsp3) is 0.614.